The molecule has 0 spiro atoms. The third kappa shape index (κ3) is 4.58. The van der Waals surface area contributed by atoms with E-state index in [2.05, 4.69) is 22.1 Å². The normalized spacial score (nSPS) is 10.5. The van der Waals surface area contributed by atoms with Crippen molar-refractivity contribution in [2.75, 3.05) is 18.2 Å². The van der Waals surface area contributed by atoms with Crippen molar-refractivity contribution < 1.29 is 13.9 Å². The van der Waals surface area contributed by atoms with Gasteiger partial charge < -0.3 is 10.1 Å². The van der Waals surface area contributed by atoms with Crippen molar-refractivity contribution >= 4 is 23.4 Å². The number of rotatable bonds is 8. The number of anilines is 1. The highest BCUT2D eigenvalue weighted by molar-refractivity contribution is 7.99. The summed E-state index contributed by atoms with van der Waals surface area (Å²) >= 11 is 1.26. The number of nitrogens with one attached hydrogen (secondary N) is 1. The summed E-state index contributed by atoms with van der Waals surface area (Å²) in [6, 6.07) is 13.1. The van der Waals surface area contributed by atoms with Crippen molar-refractivity contribution in [1.29, 1.82) is 0 Å². The number of methoxy groups -OCH3 is 1. The van der Waals surface area contributed by atoms with E-state index in [0.717, 1.165) is 5.56 Å². The number of nitrogens with zero attached hydrogens (tertiary/aromatic N) is 3. The second-order valence-electron chi connectivity index (χ2n) is 5.75. The summed E-state index contributed by atoms with van der Waals surface area (Å²) < 4.78 is 20.2. The molecule has 28 heavy (non-hydrogen) atoms. The molecule has 0 unspecified atom stereocenters. The SMILES string of the molecule is C=CCn1c(SCC(=O)Nc2ccc(F)cc2)nnc1-c1ccccc1OC. The first-order valence-corrected chi connectivity index (χ1v) is 9.46. The third-order valence-corrected chi connectivity index (χ3v) is 4.80. The fourth-order valence-corrected chi connectivity index (χ4v) is 3.33. The Morgan fingerprint density at radius 1 is 1.25 bits per heavy atom. The number of hydrogen-bond donors (Lipinski definition) is 1. The van der Waals surface area contributed by atoms with Crippen LogP contribution in [0.25, 0.3) is 11.4 Å². The average Bonchev–Trinajstić information content (AvgIpc) is 3.11. The number of hydrogen-bond acceptors (Lipinski definition) is 5. The molecule has 1 heterocycles. The van der Waals surface area contributed by atoms with E-state index in [9.17, 15) is 9.18 Å². The van der Waals surface area contributed by atoms with Gasteiger partial charge in [-0.15, -0.1) is 16.8 Å². The van der Waals surface area contributed by atoms with Gasteiger partial charge in [0.25, 0.3) is 0 Å². The van der Waals surface area contributed by atoms with Crippen molar-refractivity contribution in [3.8, 4) is 17.1 Å². The van der Waals surface area contributed by atoms with Gasteiger partial charge in [-0.1, -0.05) is 30.0 Å². The van der Waals surface area contributed by atoms with Gasteiger partial charge in [0.2, 0.25) is 5.91 Å². The smallest absolute Gasteiger partial charge is 0.234 e. The van der Waals surface area contributed by atoms with Gasteiger partial charge in [0.1, 0.15) is 11.6 Å². The molecule has 1 N–H and O–H groups in total. The fraction of sp³-hybridized carbons (Fsp3) is 0.150. The van der Waals surface area contributed by atoms with Crippen LogP contribution in [-0.2, 0) is 11.3 Å². The lowest BCUT2D eigenvalue weighted by atomic mass is 10.2. The van der Waals surface area contributed by atoms with E-state index < -0.39 is 0 Å². The summed E-state index contributed by atoms with van der Waals surface area (Å²) in [5.74, 6) is 0.889. The van der Waals surface area contributed by atoms with E-state index in [1.807, 2.05) is 28.8 Å². The molecule has 1 amide bonds. The maximum absolute atomic E-state index is 13.0. The Morgan fingerprint density at radius 3 is 2.71 bits per heavy atom. The van der Waals surface area contributed by atoms with Crippen LogP contribution in [-0.4, -0.2) is 33.5 Å². The van der Waals surface area contributed by atoms with Crippen LogP contribution >= 0.6 is 11.8 Å². The lowest BCUT2D eigenvalue weighted by Gasteiger charge is -2.10. The second kappa shape index (κ2) is 9.18. The number of carbonyl (C=O) groups is 1. The zero-order valence-corrected chi connectivity index (χ0v) is 16.1. The predicted molar refractivity (Wildman–Crippen MR) is 108 cm³/mol. The summed E-state index contributed by atoms with van der Waals surface area (Å²) in [5.41, 5.74) is 1.34. The van der Waals surface area contributed by atoms with Crippen LogP contribution in [0, 0.1) is 5.82 Å². The number of para-hydroxylation sites is 1. The maximum atomic E-state index is 13.0. The minimum absolute atomic E-state index is 0.137. The van der Waals surface area contributed by atoms with E-state index in [1.165, 1.54) is 36.0 Å². The zero-order chi connectivity index (χ0) is 19.9. The van der Waals surface area contributed by atoms with Crippen LogP contribution in [0.3, 0.4) is 0 Å². The number of carbonyl (C=O) groups excluding carboxylic acids is 1. The van der Waals surface area contributed by atoms with Gasteiger partial charge >= 0.3 is 0 Å². The molecule has 6 nitrogen and oxygen atoms in total. The van der Waals surface area contributed by atoms with E-state index in [1.54, 1.807) is 13.2 Å². The second-order valence-corrected chi connectivity index (χ2v) is 6.69. The van der Waals surface area contributed by atoms with E-state index >= 15 is 0 Å². The van der Waals surface area contributed by atoms with Crippen molar-refractivity contribution in [2.24, 2.45) is 0 Å². The van der Waals surface area contributed by atoms with Crippen molar-refractivity contribution in [1.82, 2.24) is 14.8 Å². The Bertz CT molecular complexity index is 973. The van der Waals surface area contributed by atoms with Crippen LogP contribution in [0.5, 0.6) is 5.75 Å². The van der Waals surface area contributed by atoms with Gasteiger partial charge in [0.15, 0.2) is 11.0 Å². The molecule has 0 bridgehead atoms. The molecule has 0 saturated heterocycles. The molecule has 0 aliphatic heterocycles. The van der Waals surface area contributed by atoms with Gasteiger partial charge in [-0.25, -0.2) is 4.39 Å². The van der Waals surface area contributed by atoms with Gasteiger partial charge in [-0.3, -0.25) is 9.36 Å². The first-order valence-electron chi connectivity index (χ1n) is 8.48. The molecule has 8 heteroatoms. The highest BCUT2D eigenvalue weighted by Crippen LogP contribution is 2.30. The van der Waals surface area contributed by atoms with Gasteiger partial charge in [-0.05, 0) is 36.4 Å². The number of benzene rings is 2. The van der Waals surface area contributed by atoms with Crippen LogP contribution < -0.4 is 10.1 Å². The van der Waals surface area contributed by atoms with Crippen LogP contribution in [0.4, 0.5) is 10.1 Å². The monoisotopic (exact) mass is 398 g/mol. The Labute approximate surface area is 166 Å². The molecule has 0 atom stereocenters. The Kier molecular flexibility index (Phi) is 6.44. The molecule has 0 saturated carbocycles. The molecular weight excluding hydrogens is 379 g/mol. The minimum atomic E-state index is -0.353. The standard InChI is InChI=1S/C20H19FN4O2S/c1-3-12-25-19(16-6-4-5-7-17(16)27-2)23-24-20(25)28-13-18(26)22-15-10-8-14(21)9-11-15/h3-11H,1,12-13H2,2H3,(H,22,26). The minimum Gasteiger partial charge on any atom is -0.496 e. The summed E-state index contributed by atoms with van der Waals surface area (Å²) in [6.45, 7) is 4.27. The number of ether oxygens (including phenoxy) is 1. The first kappa shape index (κ1) is 19.6. The first-order chi connectivity index (χ1) is 13.6. The van der Waals surface area contributed by atoms with E-state index in [0.29, 0.717) is 29.0 Å². The van der Waals surface area contributed by atoms with Crippen molar-refractivity contribution in [3.05, 3.63) is 67.0 Å². The molecule has 1 aromatic heterocycles. The molecule has 144 valence electrons. The number of amides is 1. The van der Waals surface area contributed by atoms with E-state index in [4.69, 9.17) is 4.74 Å². The van der Waals surface area contributed by atoms with Gasteiger partial charge in [-0.2, -0.15) is 0 Å². The lowest BCUT2D eigenvalue weighted by molar-refractivity contribution is -0.113. The number of aromatic nitrogens is 3. The Morgan fingerprint density at radius 2 is 2.00 bits per heavy atom. The summed E-state index contributed by atoms with van der Waals surface area (Å²) in [6.07, 6.45) is 1.74. The molecule has 0 aliphatic rings. The number of thioether (sulfide) groups is 1. The molecule has 0 radical (unpaired) electrons. The van der Waals surface area contributed by atoms with Crippen LogP contribution in [0.15, 0.2) is 66.3 Å². The summed E-state index contributed by atoms with van der Waals surface area (Å²) in [4.78, 5) is 12.2. The third-order valence-electron chi connectivity index (χ3n) is 3.84. The quantitative estimate of drug-likeness (QED) is 0.459. The maximum Gasteiger partial charge on any atom is 0.234 e. The molecule has 3 rings (SSSR count). The Hall–Kier alpha value is -3.13. The molecule has 0 fully saturated rings. The van der Waals surface area contributed by atoms with Gasteiger partial charge in [0, 0.05) is 12.2 Å². The van der Waals surface area contributed by atoms with Crippen molar-refractivity contribution in [2.45, 2.75) is 11.7 Å². The molecule has 2 aromatic carbocycles. The average molecular weight is 398 g/mol. The highest BCUT2D eigenvalue weighted by Gasteiger charge is 2.17. The predicted octanol–water partition coefficient (Wildman–Crippen LogP) is 4.01. The summed E-state index contributed by atoms with van der Waals surface area (Å²) in [7, 11) is 1.60. The zero-order valence-electron chi connectivity index (χ0n) is 15.3. The van der Waals surface area contributed by atoms with Crippen LogP contribution in [0.2, 0.25) is 0 Å². The number of allylic oxidation sites excluding steroid dienone is 1. The van der Waals surface area contributed by atoms with Crippen molar-refractivity contribution in [3.63, 3.8) is 0 Å². The van der Waals surface area contributed by atoms with Gasteiger partial charge in [0.05, 0.1) is 18.4 Å². The Balaban J connectivity index is 1.75. The number of halogens is 1. The molecule has 3 aromatic rings. The topological polar surface area (TPSA) is 69.0 Å². The largest absolute Gasteiger partial charge is 0.496 e. The fourth-order valence-electron chi connectivity index (χ4n) is 2.58. The van der Waals surface area contributed by atoms with Crippen LogP contribution in [0.1, 0.15) is 0 Å². The molecular formula is C20H19FN4O2S. The summed E-state index contributed by atoms with van der Waals surface area (Å²) in [5, 5.41) is 11.8. The lowest BCUT2D eigenvalue weighted by Crippen LogP contribution is -2.14. The van der Waals surface area contributed by atoms with E-state index in [-0.39, 0.29) is 17.5 Å². The highest BCUT2D eigenvalue weighted by atomic mass is 32.2. The molecule has 0 aliphatic carbocycles.